The van der Waals surface area contributed by atoms with Crippen molar-refractivity contribution in [3.05, 3.63) is 116 Å². The Morgan fingerprint density at radius 1 is 0.879 bits per heavy atom. The Labute approximate surface area is 334 Å². The summed E-state index contributed by atoms with van der Waals surface area (Å²) in [6.45, 7) is -1.16. The lowest BCUT2D eigenvalue weighted by atomic mass is 9.89. The first-order chi connectivity index (χ1) is 27.8. The number of aliphatic hydroxyl groups excluding tert-OH is 5. The minimum absolute atomic E-state index is 0.0282. The Morgan fingerprint density at radius 3 is 2.24 bits per heavy atom. The van der Waals surface area contributed by atoms with Crippen molar-refractivity contribution in [1.29, 1.82) is 0 Å². The van der Waals surface area contributed by atoms with Gasteiger partial charge in [0, 0.05) is 24.3 Å². The number of hydrogen-bond acceptors (Lipinski definition) is 19. The van der Waals surface area contributed by atoms with E-state index < -0.39 is 71.3 Å². The standard InChI is InChI=1S/2C17H17N5O6S/c23-5-11-13(24)14(25)17(28-11)21-8-20-12-15(21)18-7-19-16(12)29-6-9-1-3-10(4-2-9)22(26)27;23-7-11-13(24)17(25,22(26)27)16(28-11,6-10-4-2-1-3-5-10)21-9-20-12-14(21)18-8-19-15(12)29/h1-4,7-8,11,13-14,17,23-25H,5-6H2;1-5,8-9,11,13,23-25H,6-7H2,(H,18,19,29)/t11-,13-,14-,17-;11-,13-,16-,17-/m11/s1. The van der Waals surface area contributed by atoms with Crippen LogP contribution in [0.2, 0.25) is 0 Å². The number of imidazole rings is 2. The Bertz CT molecular complexity index is 2490. The third-order valence-corrected chi connectivity index (χ3v) is 11.2. The van der Waals surface area contributed by atoms with Gasteiger partial charge in [-0.2, -0.15) is 0 Å². The highest BCUT2D eigenvalue weighted by atomic mass is 32.2. The van der Waals surface area contributed by atoms with Gasteiger partial charge in [-0.05, 0) is 11.1 Å². The Hall–Kier alpha value is -5.41. The summed E-state index contributed by atoms with van der Waals surface area (Å²) in [5, 5.41) is 84.3. The zero-order valence-electron chi connectivity index (χ0n) is 29.8. The first-order valence-electron chi connectivity index (χ1n) is 17.3. The number of nitro groups is 2. The maximum absolute atomic E-state index is 12.1. The number of thioether (sulfide) groups is 1. The molecule has 4 aromatic heterocycles. The molecule has 2 saturated heterocycles. The molecule has 8 atom stereocenters. The van der Waals surface area contributed by atoms with Crippen LogP contribution in [0.15, 0.2) is 84.9 Å². The monoisotopic (exact) mass is 838 g/mol. The number of fused-ring (bicyclic) bond motifs is 2. The summed E-state index contributed by atoms with van der Waals surface area (Å²) < 4.78 is 14.3. The third kappa shape index (κ3) is 7.08. The lowest BCUT2D eigenvalue weighted by Crippen LogP contribution is -2.63. The quantitative estimate of drug-likeness (QED) is 0.0236. The molecule has 6 aromatic rings. The predicted molar refractivity (Wildman–Crippen MR) is 202 cm³/mol. The Kier molecular flexibility index (Phi) is 11.6. The fourth-order valence-corrected chi connectivity index (χ4v) is 7.97. The molecular weight excluding hydrogens is 805 g/mol. The van der Waals surface area contributed by atoms with E-state index >= 15 is 0 Å². The van der Waals surface area contributed by atoms with Crippen molar-refractivity contribution in [3.8, 4) is 0 Å². The van der Waals surface area contributed by atoms with E-state index in [4.69, 9.17) is 21.7 Å². The summed E-state index contributed by atoms with van der Waals surface area (Å²) >= 11 is 6.54. The van der Waals surface area contributed by atoms with Crippen LogP contribution in [-0.4, -0.2) is 129 Å². The van der Waals surface area contributed by atoms with E-state index in [2.05, 4.69) is 29.9 Å². The molecule has 6 heterocycles. The first kappa shape index (κ1) is 40.8. The molecule has 7 N–H and O–H groups in total. The number of nitrogens with one attached hydrogen (secondary N) is 1. The van der Waals surface area contributed by atoms with Crippen LogP contribution in [0.1, 0.15) is 17.4 Å². The van der Waals surface area contributed by atoms with Gasteiger partial charge in [0.15, 0.2) is 22.6 Å². The van der Waals surface area contributed by atoms with E-state index in [1.807, 2.05) is 0 Å². The lowest BCUT2D eigenvalue weighted by molar-refractivity contribution is -0.659. The molecule has 2 fully saturated rings. The van der Waals surface area contributed by atoms with Gasteiger partial charge in [-0.15, -0.1) is 0 Å². The minimum Gasteiger partial charge on any atom is -0.394 e. The second-order valence-corrected chi connectivity index (χ2v) is 14.5. The van der Waals surface area contributed by atoms with Crippen LogP contribution in [-0.2, 0) is 27.4 Å². The highest BCUT2D eigenvalue weighted by molar-refractivity contribution is 7.98. The Balaban J connectivity index is 0.000000177. The minimum atomic E-state index is -3.00. The number of nitrogens with zero attached hydrogens (tertiary/aromatic N) is 9. The first-order valence-corrected chi connectivity index (χ1v) is 18.7. The van der Waals surface area contributed by atoms with Crippen molar-refractivity contribution in [2.75, 3.05) is 13.2 Å². The number of nitro benzene ring substituents is 1. The van der Waals surface area contributed by atoms with Gasteiger partial charge in [-0.3, -0.25) is 29.4 Å². The predicted octanol–water partition coefficient (Wildman–Crippen LogP) is 0.740. The van der Waals surface area contributed by atoms with Crippen LogP contribution in [0.3, 0.4) is 0 Å². The number of benzene rings is 2. The van der Waals surface area contributed by atoms with E-state index in [1.165, 1.54) is 58.3 Å². The zero-order chi connectivity index (χ0) is 41.4. The number of non-ortho nitro benzene ring substituents is 1. The molecule has 58 heavy (non-hydrogen) atoms. The van der Waals surface area contributed by atoms with Crippen molar-refractivity contribution in [3.63, 3.8) is 0 Å². The number of ether oxygens (including phenoxy) is 2. The van der Waals surface area contributed by atoms with Gasteiger partial charge in [0.25, 0.3) is 11.4 Å². The molecule has 2 aromatic carbocycles. The molecule has 8 rings (SSSR count). The maximum Gasteiger partial charge on any atom is 0.399 e. The molecule has 0 saturated carbocycles. The second-order valence-electron chi connectivity index (χ2n) is 13.2. The third-order valence-electron chi connectivity index (χ3n) is 9.81. The highest BCUT2D eigenvalue weighted by Crippen LogP contribution is 2.47. The summed E-state index contributed by atoms with van der Waals surface area (Å²) in [5.41, 5.74) is -2.26. The summed E-state index contributed by atoms with van der Waals surface area (Å²) in [4.78, 5) is 45.0. The van der Waals surface area contributed by atoms with Gasteiger partial charge in [0.05, 0.1) is 42.0 Å². The van der Waals surface area contributed by atoms with E-state index in [1.54, 1.807) is 42.5 Å². The zero-order valence-corrected chi connectivity index (χ0v) is 31.4. The molecule has 2 aliphatic rings. The van der Waals surface area contributed by atoms with Crippen LogP contribution in [0.25, 0.3) is 22.3 Å². The highest BCUT2D eigenvalue weighted by Gasteiger charge is 2.76. The van der Waals surface area contributed by atoms with Crippen LogP contribution < -0.4 is 0 Å². The van der Waals surface area contributed by atoms with Gasteiger partial charge in [-0.1, -0.05) is 66.4 Å². The van der Waals surface area contributed by atoms with Crippen LogP contribution in [0, 0.1) is 24.9 Å². The number of hydrogen-bond donors (Lipinski definition) is 7. The van der Waals surface area contributed by atoms with Crippen molar-refractivity contribution < 1.29 is 50.0 Å². The molecule has 304 valence electrons. The lowest BCUT2D eigenvalue weighted by Gasteiger charge is -2.36. The largest absolute Gasteiger partial charge is 0.399 e. The molecule has 0 radical (unpaired) electrons. The number of aromatic nitrogens is 8. The summed E-state index contributed by atoms with van der Waals surface area (Å²) in [5.74, 6) is 0.519. The topological polar surface area (TPSA) is 316 Å². The normalized spacial score (nSPS) is 26.8. The van der Waals surface area contributed by atoms with E-state index in [0.717, 1.165) is 5.56 Å². The van der Waals surface area contributed by atoms with Crippen molar-refractivity contribution in [2.24, 2.45) is 0 Å². The molecule has 0 bridgehead atoms. The maximum atomic E-state index is 12.1. The van der Waals surface area contributed by atoms with Gasteiger partial charge >= 0.3 is 5.72 Å². The summed E-state index contributed by atoms with van der Waals surface area (Å²) in [6, 6.07) is 14.9. The van der Waals surface area contributed by atoms with E-state index in [0.29, 0.717) is 27.5 Å². The number of aromatic amines is 1. The fraction of sp³-hybridized carbons (Fsp3) is 0.353. The molecule has 0 spiro atoms. The van der Waals surface area contributed by atoms with Crippen LogP contribution >= 0.6 is 24.0 Å². The van der Waals surface area contributed by atoms with Crippen LogP contribution in [0.4, 0.5) is 5.69 Å². The molecule has 0 unspecified atom stereocenters. The number of rotatable bonds is 11. The van der Waals surface area contributed by atoms with Crippen molar-refractivity contribution >= 4 is 52.0 Å². The molecule has 2 aliphatic heterocycles. The van der Waals surface area contributed by atoms with Gasteiger partial charge in [0.2, 0.25) is 0 Å². The fourth-order valence-electron chi connectivity index (χ4n) is 6.87. The molecule has 0 amide bonds. The average Bonchev–Trinajstić information content (AvgIpc) is 3.99. The van der Waals surface area contributed by atoms with E-state index in [9.17, 15) is 50.9 Å². The molecule has 22 nitrogen and oxygen atoms in total. The van der Waals surface area contributed by atoms with Crippen LogP contribution in [0.5, 0.6) is 0 Å². The summed E-state index contributed by atoms with van der Waals surface area (Å²) in [7, 11) is 0. The van der Waals surface area contributed by atoms with Crippen molar-refractivity contribution in [1.82, 2.24) is 39.0 Å². The van der Waals surface area contributed by atoms with Crippen molar-refractivity contribution in [2.45, 2.75) is 65.4 Å². The van der Waals surface area contributed by atoms with Gasteiger partial charge in [-0.25, -0.2) is 24.9 Å². The van der Waals surface area contributed by atoms with Gasteiger partial charge < -0.3 is 45.1 Å². The SMILES string of the molecule is O=[N+]([O-])[C@@]1(O)[C@H](O)[C@@H](CO)O[C@@]1(Cc1ccccc1)n1cnc2c(=S)nc[nH]c21.O=[N+]([O-])c1ccc(CSc2ncnc3c2ncn3[C@@H]2O[C@H](CO)[C@@H](O)[C@H]2O)cc1. The average molecular weight is 839 g/mol. The molecule has 24 heteroatoms. The molecule has 0 aliphatic carbocycles. The number of aliphatic hydroxyl groups is 6. The molecular formula is C34H34N10O12S2. The smallest absolute Gasteiger partial charge is 0.394 e. The van der Waals surface area contributed by atoms with Gasteiger partial charge in [0.1, 0.15) is 52.4 Å². The van der Waals surface area contributed by atoms with E-state index in [-0.39, 0.29) is 27.9 Å². The second kappa shape index (κ2) is 16.5. The summed E-state index contributed by atoms with van der Waals surface area (Å²) in [6.07, 6.45) is -2.59. The number of H-pyrrole nitrogens is 1. The Morgan fingerprint density at radius 2 is 1.59 bits per heavy atom.